The third-order valence-corrected chi connectivity index (χ3v) is 3.45. The lowest BCUT2D eigenvalue weighted by molar-refractivity contribution is 0.0216. The predicted octanol–water partition coefficient (Wildman–Crippen LogP) is 3.48. The molecule has 0 amide bonds. The summed E-state index contributed by atoms with van der Waals surface area (Å²) in [7, 11) is 1.71. The fraction of sp³-hybridized carbons (Fsp3) is 0.444. The van der Waals surface area contributed by atoms with Crippen LogP contribution in [0.3, 0.4) is 0 Å². The van der Waals surface area contributed by atoms with E-state index in [1.807, 2.05) is 20.8 Å². The van der Waals surface area contributed by atoms with Gasteiger partial charge in [-0.2, -0.15) is 5.10 Å². The van der Waals surface area contributed by atoms with Crippen LogP contribution in [0.1, 0.15) is 43.9 Å². The van der Waals surface area contributed by atoms with E-state index in [1.54, 1.807) is 32.2 Å². The van der Waals surface area contributed by atoms with Crippen LogP contribution in [0.5, 0.6) is 5.75 Å². The number of carbonyl (C=O) groups excluding carboxylic acids is 1. The van der Waals surface area contributed by atoms with Crippen LogP contribution in [0.25, 0.3) is 0 Å². The van der Waals surface area contributed by atoms with E-state index in [0.717, 1.165) is 5.69 Å². The zero-order valence-corrected chi connectivity index (χ0v) is 14.7. The van der Waals surface area contributed by atoms with Crippen molar-refractivity contribution in [3.63, 3.8) is 0 Å². The Bertz CT molecular complexity index is 719. The highest BCUT2D eigenvalue weighted by Crippen LogP contribution is 2.22. The van der Waals surface area contributed by atoms with Gasteiger partial charge in [0, 0.05) is 18.5 Å². The Hall–Kier alpha value is -2.37. The highest BCUT2D eigenvalue weighted by Gasteiger charge is 2.23. The maximum absolute atomic E-state index is 13.1. The second-order valence-corrected chi connectivity index (χ2v) is 6.77. The minimum atomic E-state index is -0.478. The number of hydrogen-bond donors (Lipinski definition) is 0. The lowest BCUT2D eigenvalue weighted by atomic mass is 9.92. The lowest BCUT2D eigenvalue weighted by Gasteiger charge is -2.14. The van der Waals surface area contributed by atoms with Gasteiger partial charge in [0.05, 0.1) is 5.69 Å². The minimum Gasteiger partial charge on any atom is -0.490 e. The molecule has 24 heavy (non-hydrogen) atoms. The molecule has 0 aliphatic heterocycles. The van der Waals surface area contributed by atoms with E-state index in [1.165, 1.54) is 16.8 Å². The van der Waals surface area contributed by atoms with Gasteiger partial charge < -0.3 is 9.47 Å². The largest absolute Gasteiger partial charge is 0.490 e. The summed E-state index contributed by atoms with van der Waals surface area (Å²) in [5, 5.41) is 4.36. The van der Waals surface area contributed by atoms with Crippen LogP contribution in [0.15, 0.2) is 30.3 Å². The van der Waals surface area contributed by atoms with Gasteiger partial charge in [-0.15, -0.1) is 0 Å². The van der Waals surface area contributed by atoms with Crippen molar-refractivity contribution in [1.82, 2.24) is 9.78 Å². The minimum absolute atomic E-state index is 0.138. The summed E-state index contributed by atoms with van der Waals surface area (Å²) in [5.74, 6) is -0.439. The zero-order chi connectivity index (χ0) is 17.9. The van der Waals surface area contributed by atoms with Crippen molar-refractivity contribution in [2.45, 2.75) is 39.2 Å². The van der Waals surface area contributed by atoms with Crippen LogP contribution in [0.2, 0.25) is 0 Å². The number of benzene rings is 1. The van der Waals surface area contributed by atoms with E-state index in [4.69, 9.17) is 9.47 Å². The number of halogens is 1. The van der Waals surface area contributed by atoms with E-state index >= 15 is 0 Å². The van der Waals surface area contributed by atoms with Gasteiger partial charge in [0.1, 0.15) is 30.0 Å². The first-order valence-corrected chi connectivity index (χ1v) is 7.80. The Morgan fingerprint density at radius 3 is 2.62 bits per heavy atom. The summed E-state index contributed by atoms with van der Waals surface area (Å²) >= 11 is 0. The third kappa shape index (κ3) is 4.57. The smallest absolute Gasteiger partial charge is 0.356 e. The van der Waals surface area contributed by atoms with E-state index < -0.39 is 12.1 Å². The second kappa shape index (κ2) is 7.03. The number of esters is 1. The van der Waals surface area contributed by atoms with Gasteiger partial charge in [0.25, 0.3) is 0 Å². The molecule has 1 heterocycles. The molecule has 0 saturated carbocycles. The van der Waals surface area contributed by atoms with Gasteiger partial charge in [-0.3, -0.25) is 4.68 Å². The Balaban J connectivity index is 1.95. The molecule has 2 rings (SSSR count). The molecule has 0 bridgehead atoms. The molecule has 0 fully saturated rings. The molecule has 5 nitrogen and oxygen atoms in total. The first-order valence-electron chi connectivity index (χ1n) is 7.80. The molecular formula is C18H23FN2O3. The number of nitrogens with zero attached hydrogens (tertiary/aromatic N) is 2. The van der Waals surface area contributed by atoms with E-state index in [2.05, 4.69) is 5.10 Å². The van der Waals surface area contributed by atoms with Crippen LogP contribution >= 0.6 is 0 Å². The summed E-state index contributed by atoms with van der Waals surface area (Å²) in [6.45, 7) is 7.94. The summed E-state index contributed by atoms with van der Waals surface area (Å²) < 4.78 is 25.4. The molecule has 6 heteroatoms. The summed E-state index contributed by atoms with van der Waals surface area (Å²) in [6, 6.07) is 7.57. The maximum Gasteiger partial charge on any atom is 0.356 e. The van der Waals surface area contributed by atoms with Crippen molar-refractivity contribution in [2.24, 2.45) is 7.05 Å². The molecule has 0 spiro atoms. The predicted molar refractivity (Wildman–Crippen MR) is 88.7 cm³/mol. The first-order chi connectivity index (χ1) is 11.2. The van der Waals surface area contributed by atoms with Crippen molar-refractivity contribution in [1.29, 1.82) is 0 Å². The molecule has 130 valence electrons. The van der Waals surface area contributed by atoms with E-state index in [-0.39, 0.29) is 17.8 Å². The fourth-order valence-electron chi connectivity index (χ4n) is 2.07. The molecule has 1 unspecified atom stereocenters. The topological polar surface area (TPSA) is 53.4 Å². The molecule has 0 aliphatic carbocycles. The van der Waals surface area contributed by atoms with Crippen LogP contribution in [0, 0.1) is 5.82 Å². The van der Waals surface area contributed by atoms with Crippen LogP contribution in [-0.2, 0) is 17.2 Å². The van der Waals surface area contributed by atoms with Crippen LogP contribution < -0.4 is 4.74 Å². The second-order valence-electron chi connectivity index (χ2n) is 6.77. The quantitative estimate of drug-likeness (QED) is 0.786. The number of carbonyl (C=O) groups is 1. The normalized spacial score (nSPS) is 12.8. The molecule has 1 aromatic carbocycles. The van der Waals surface area contributed by atoms with Gasteiger partial charge in [0.15, 0.2) is 0 Å². The zero-order valence-electron chi connectivity index (χ0n) is 14.7. The van der Waals surface area contributed by atoms with E-state index in [0.29, 0.717) is 11.4 Å². The highest BCUT2D eigenvalue weighted by molar-refractivity contribution is 5.87. The number of hydrogen-bond acceptors (Lipinski definition) is 4. The van der Waals surface area contributed by atoms with Crippen molar-refractivity contribution in [3.8, 4) is 5.75 Å². The highest BCUT2D eigenvalue weighted by atomic mass is 19.1. The number of aryl methyl sites for hydroxylation is 1. The van der Waals surface area contributed by atoms with Crippen molar-refractivity contribution >= 4 is 5.97 Å². The third-order valence-electron chi connectivity index (χ3n) is 3.45. The SMILES string of the molecule is CC(COc1cccc(F)c1)OC(=O)c1cc(C(C)(C)C)nn1C. The first kappa shape index (κ1) is 18.0. The molecule has 2 aromatic rings. The average Bonchev–Trinajstić information content (AvgIpc) is 2.87. The lowest BCUT2D eigenvalue weighted by Crippen LogP contribution is -2.23. The molecule has 0 N–H and O–H groups in total. The summed E-state index contributed by atoms with van der Waals surface area (Å²) in [6.07, 6.45) is -0.478. The molecule has 0 radical (unpaired) electrons. The number of ether oxygens (including phenoxy) is 2. The van der Waals surface area contributed by atoms with Crippen LogP contribution in [-0.4, -0.2) is 28.5 Å². The molecule has 0 aliphatic rings. The van der Waals surface area contributed by atoms with Crippen molar-refractivity contribution in [2.75, 3.05) is 6.61 Å². The Morgan fingerprint density at radius 1 is 1.33 bits per heavy atom. The van der Waals surface area contributed by atoms with Crippen molar-refractivity contribution < 1.29 is 18.7 Å². The van der Waals surface area contributed by atoms with Gasteiger partial charge in [-0.05, 0) is 25.1 Å². The molecule has 1 aromatic heterocycles. The Kier molecular flexibility index (Phi) is 5.26. The Morgan fingerprint density at radius 2 is 2.04 bits per heavy atom. The summed E-state index contributed by atoms with van der Waals surface area (Å²) in [5.41, 5.74) is 1.06. The average molecular weight is 334 g/mol. The van der Waals surface area contributed by atoms with Crippen LogP contribution in [0.4, 0.5) is 4.39 Å². The van der Waals surface area contributed by atoms with Gasteiger partial charge in [-0.1, -0.05) is 26.8 Å². The van der Waals surface area contributed by atoms with Crippen molar-refractivity contribution in [3.05, 3.63) is 47.5 Å². The fourth-order valence-corrected chi connectivity index (χ4v) is 2.07. The van der Waals surface area contributed by atoms with Gasteiger partial charge in [0.2, 0.25) is 0 Å². The van der Waals surface area contributed by atoms with E-state index in [9.17, 15) is 9.18 Å². The maximum atomic E-state index is 13.1. The summed E-state index contributed by atoms with van der Waals surface area (Å²) in [4.78, 5) is 12.3. The standard InChI is InChI=1S/C18H23FN2O3/c1-12(11-23-14-8-6-7-13(19)9-14)24-17(22)15-10-16(18(2,3)4)20-21(15)5/h6-10,12H,11H2,1-5H3. The number of rotatable bonds is 5. The monoisotopic (exact) mass is 334 g/mol. The number of aromatic nitrogens is 2. The molecule has 1 atom stereocenters. The molecule has 0 saturated heterocycles. The Labute approximate surface area is 141 Å². The van der Waals surface area contributed by atoms with Gasteiger partial charge in [-0.25, -0.2) is 9.18 Å². The van der Waals surface area contributed by atoms with Gasteiger partial charge >= 0.3 is 5.97 Å². The molecular weight excluding hydrogens is 311 g/mol.